The van der Waals surface area contributed by atoms with E-state index in [2.05, 4.69) is 30.0 Å². The van der Waals surface area contributed by atoms with E-state index in [-0.39, 0.29) is 6.61 Å². The maximum absolute atomic E-state index is 6.26. The van der Waals surface area contributed by atoms with Gasteiger partial charge in [0.1, 0.15) is 24.7 Å². The first-order valence-corrected chi connectivity index (χ1v) is 13.9. The van der Waals surface area contributed by atoms with Crippen molar-refractivity contribution in [2.24, 2.45) is 46.3 Å². The monoisotopic (exact) mass is 454 g/mol. The molecule has 0 saturated heterocycles. The number of benzene rings is 1. The van der Waals surface area contributed by atoms with Crippen molar-refractivity contribution in [1.29, 1.82) is 0 Å². The molecule has 3 unspecified atom stereocenters. The fraction of sp³-hybridized carbons (Fsp3) is 0.688. The molecule has 34 heavy (non-hydrogen) atoms. The molecule has 8 aliphatic carbocycles. The zero-order valence-corrected chi connectivity index (χ0v) is 20.4. The molecule has 9 rings (SSSR count). The number of hydrogen-bond donors (Lipinski definition) is 0. The first-order chi connectivity index (χ1) is 16.6. The minimum atomic E-state index is 0.278. The summed E-state index contributed by atoms with van der Waals surface area (Å²) in [6.07, 6.45) is 27.4. The van der Waals surface area contributed by atoms with Gasteiger partial charge in [-0.2, -0.15) is 0 Å². The highest BCUT2D eigenvalue weighted by Crippen LogP contribution is 2.78. The second kappa shape index (κ2) is 7.72. The van der Waals surface area contributed by atoms with Crippen LogP contribution < -0.4 is 9.47 Å². The molecule has 0 spiro atoms. The summed E-state index contributed by atoms with van der Waals surface area (Å²) in [5.41, 5.74) is 2.43. The Morgan fingerprint density at radius 1 is 0.735 bits per heavy atom. The lowest BCUT2D eigenvalue weighted by Crippen LogP contribution is -2.63. The molecule has 8 fully saturated rings. The number of hydrogen-bond acceptors (Lipinski definition) is 2. The summed E-state index contributed by atoms with van der Waals surface area (Å²) in [6.45, 7) is 0.582. The van der Waals surface area contributed by atoms with Crippen LogP contribution in [0.1, 0.15) is 82.1 Å². The first kappa shape index (κ1) is 21.2. The molecule has 8 saturated carbocycles. The molecular formula is C32H38O2. The second-order valence-electron chi connectivity index (χ2n) is 13.1. The average molecular weight is 455 g/mol. The topological polar surface area (TPSA) is 18.5 Å². The van der Waals surface area contributed by atoms with E-state index in [1.807, 2.05) is 0 Å². The standard InChI is InChI=1S/C32H38O2/c1-3-7-33-27-5-6-28(29(15-27)34-8-4-2)30-26-13-24-12-25(14-26)20-32(30,19-24)31-16-21-9-22(17-31)11-23(10-21)18-31/h1-2,5-6,15,21-26,30H,7-14,16-20H2. The van der Waals surface area contributed by atoms with Gasteiger partial charge in [-0.25, -0.2) is 0 Å². The van der Waals surface area contributed by atoms with Gasteiger partial charge in [-0.15, -0.1) is 12.8 Å². The van der Waals surface area contributed by atoms with Crippen molar-refractivity contribution < 1.29 is 9.47 Å². The van der Waals surface area contributed by atoms with Crippen molar-refractivity contribution in [3.8, 4) is 36.2 Å². The Kier molecular flexibility index (Phi) is 4.82. The zero-order chi connectivity index (χ0) is 22.9. The highest BCUT2D eigenvalue weighted by atomic mass is 16.5. The summed E-state index contributed by atoms with van der Waals surface area (Å²) >= 11 is 0. The molecule has 0 radical (unpaired) electrons. The Hall–Kier alpha value is -2.06. The van der Waals surface area contributed by atoms with Gasteiger partial charge in [0.2, 0.25) is 0 Å². The SMILES string of the molecule is C#CCOc1ccc(C2C3CC4CC(C3)CC2(C23CC5CC(CC(C5)C2)C3)C4)c(OCC#C)c1. The predicted molar refractivity (Wildman–Crippen MR) is 134 cm³/mol. The van der Waals surface area contributed by atoms with E-state index in [1.165, 1.54) is 76.2 Å². The lowest BCUT2D eigenvalue weighted by Gasteiger charge is -2.73. The Balaban J connectivity index is 1.34. The number of ether oxygens (including phenoxy) is 2. The summed E-state index contributed by atoms with van der Waals surface area (Å²) in [4.78, 5) is 0. The molecule has 0 amide bonds. The normalized spacial score (nSPS) is 45.1. The summed E-state index contributed by atoms with van der Waals surface area (Å²) in [5.74, 6) is 13.3. The fourth-order valence-electron chi connectivity index (χ4n) is 11.3. The van der Waals surface area contributed by atoms with Crippen LogP contribution >= 0.6 is 0 Å². The van der Waals surface area contributed by atoms with Crippen molar-refractivity contribution in [2.45, 2.75) is 76.5 Å². The summed E-state index contributed by atoms with van der Waals surface area (Å²) in [7, 11) is 0. The minimum Gasteiger partial charge on any atom is -0.481 e. The van der Waals surface area contributed by atoms with Gasteiger partial charge in [0, 0.05) is 6.07 Å². The highest BCUT2D eigenvalue weighted by Gasteiger charge is 2.68. The van der Waals surface area contributed by atoms with Gasteiger partial charge in [0.15, 0.2) is 0 Å². The van der Waals surface area contributed by atoms with Crippen LogP contribution in [-0.4, -0.2) is 13.2 Å². The first-order valence-electron chi connectivity index (χ1n) is 13.9. The smallest absolute Gasteiger partial charge is 0.148 e. The van der Waals surface area contributed by atoms with Gasteiger partial charge in [-0.1, -0.05) is 17.9 Å². The summed E-state index contributed by atoms with van der Waals surface area (Å²) < 4.78 is 12.1. The molecule has 3 atom stereocenters. The van der Waals surface area contributed by atoms with Crippen LogP contribution in [0.15, 0.2) is 18.2 Å². The van der Waals surface area contributed by atoms with E-state index in [0.717, 1.165) is 47.0 Å². The van der Waals surface area contributed by atoms with Crippen molar-refractivity contribution in [3.63, 3.8) is 0 Å². The van der Waals surface area contributed by atoms with Gasteiger partial charge >= 0.3 is 0 Å². The van der Waals surface area contributed by atoms with E-state index < -0.39 is 0 Å². The molecule has 0 heterocycles. The van der Waals surface area contributed by atoms with Crippen LogP contribution in [0.2, 0.25) is 0 Å². The van der Waals surface area contributed by atoms with Gasteiger partial charge in [-0.05, 0) is 135 Å². The lowest BCUT2D eigenvalue weighted by molar-refractivity contribution is -0.212. The van der Waals surface area contributed by atoms with Crippen molar-refractivity contribution in [1.82, 2.24) is 0 Å². The molecule has 0 aliphatic heterocycles. The van der Waals surface area contributed by atoms with Crippen molar-refractivity contribution >= 4 is 0 Å². The maximum Gasteiger partial charge on any atom is 0.148 e. The van der Waals surface area contributed by atoms with E-state index in [9.17, 15) is 0 Å². The van der Waals surface area contributed by atoms with Crippen LogP contribution in [0.25, 0.3) is 0 Å². The van der Waals surface area contributed by atoms with Crippen LogP contribution in [0, 0.1) is 71.0 Å². The molecule has 2 nitrogen and oxygen atoms in total. The molecule has 8 bridgehead atoms. The third-order valence-corrected chi connectivity index (χ3v) is 11.4. The minimum absolute atomic E-state index is 0.278. The Morgan fingerprint density at radius 3 is 1.88 bits per heavy atom. The second-order valence-corrected chi connectivity index (χ2v) is 13.1. The van der Waals surface area contributed by atoms with Gasteiger partial charge in [-0.3, -0.25) is 0 Å². The van der Waals surface area contributed by atoms with Gasteiger partial charge < -0.3 is 9.47 Å². The third kappa shape index (κ3) is 3.03. The van der Waals surface area contributed by atoms with Crippen LogP contribution in [-0.2, 0) is 0 Å². The highest BCUT2D eigenvalue weighted by molar-refractivity contribution is 5.46. The molecule has 1 aromatic rings. The predicted octanol–water partition coefficient (Wildman–Crippen LogP) is 6.84. The molecule has 178 valence electrons. The largest absolute Gasteiger partial charge is 0.481 e. The third-order valence-electron chi connectivity index (χ3n) is 11.4. The van der Waals surface area contributed by atoms with Crippen molar-refractivity contribution in [3.05, 3.63) is 23.8 Å². The lowest BCUT2D eigenvalue weighted by atomic mass is 9.32. The molecule has 8 aliphatic rings. The van der Waals surface area contributed by atoms with Crippen LogP contribution in [0.3, 0.4) is 0 Å². The quantitative estimate of drug-likeness (QED) is 0.438. The van der Waals surface area contributed by atoms with E-state index in [0.29, 0.717) is 23.4 Å². The van der Waals surface area contributed by atoms with Gasteiger partial charge in [0.05, 0.1) is 0 Å². The van der Waals surface area contributed by atoms with E-state index in [4.69, 9.17) is 22.3 Å². The van der Waals surface area contributed by atoms with Crippen LogP contribution in [0.4, 0.5) is 0 Å². The van der Waals surface area contributed by atoms with Crippen LogP contribution in [0.5, 0.6) is 11.5 Å². The Labute approximate surface area is 205 Å². The Bertz CT molecular complexity index is 1000. The maximum atomic E-state index is 6.26. The molecular weight excluding hydrogens is 416 g/mol. The summed E-state index contributed by atoms with van der Waals surface area (Å²) in [5, 5.41) is 0. The fourth-order valence-corrected chi connectivity index (χ4v) is 11.3. The zero-order valence-electron chi connectivity index (χ0n) is 20.4. The molecule has 0 aromatic heterocycles. The van der Waals surface area contributed by atoms with E-state index in [1.54, 1.807) is 0 Å². The Morgan fingerprint density at radius 2 is 1.29 bits per heavy atom. The van der Waals surface area contributed by atoms with E-state index >= 15 is 0 Å². The molecule has 0 N–H and O–H groups in total. The van der Waals surface area contributed by atoms with Gasteiger partial charge in [0.25, 0.3) is 0 Å². The molecule has 2 heteroatoms. The van der Waals surface area contributed by atoms with Crippen molar-refractivity contribution in [2.75, 3.05) is 13.2 Å². The molecule has 1 aromatic carbocycles. The number of rotatable bonds is 6. The summed E-state index contributed by atoms with van der Waals surface area (Å²) in [6, 6.07) is 6.53. The number of terminal acetylenes is 2. The average Bonchev–Trinajstić information content (AvgIpc) is 2.80.